The minimum Gasteiger partial charge on any atom is -0.308 e. The molecule has 0 heterocycles. The van der Waals surface area contributed by atoms with Crippen LogP contribution in [-0.2, 0) is 0 Å². The fourth-order valence-electron chi connectivity index (χ4n) is 1.55. The summed E-state index contributed by atoms with van der Waals surface area (Å²) in [7, 11) is 0. The van der Waals surface area contributed by atoms with Crippen LogP contribution in [0.1, 0.15) is 38.8 Å². The van der Waals surface area contributed by atoms with Crippen LogP contribution in [0.4, 0.5) is 4.39 Å². The smallest absolute Gasteiger partial charge is 0.129 e. The average Bonchev–Trinajstić information content (AvgIpc) is 2.17. The summed E-state index contributed by atoms with van der Waals surface area (Å²) >= 11 is 5.97. The van der Waals surface area contributed by atoms with Crippen LogP contribution in [0.3, 0.4) is 0 Å². The molecule has 15 heavy (non-hydrogen) atoms. The monoisotopic (exact) mass is 229 g/mol. The predicted octanol–water partition coefficient (Wildman–Crippen LogP) is 3.93. The highest BCUT2D eigenvalue weighted by Crippen LogP contribution is 2.25. The first-order valence-corrected chi connectivity index (χ1v) is 5.64. The third-order valence-electron chi connectivity index (χ3n) is 2.58. The van der Waals surface area contributed by atoms with Gasteiger partial charge in [-0.2, -0.15) is 0 Å². The van der Waals surface area contributed by atoms with E-state index in [1.165, 1.54) is 6.07 Å². The first kappa shape index (κ1) is 12.5. The Labute approximate surface area is 95.6 Å². The standard InChI is InChI=1S/C12H17ClFN/c1-4-8(2)15-9(3)12-10(13)6-5-7-11(12)14/h5-9,15H,4H2,1-3H3. The molecule has 0 radical (unpaired) electrons. The zero-order valence-electron chi connectivity index (χ0n) is 9.35. The third kappa shape index (κ3) is 3.18. The molecule has 1 N–H and O–H groups in total. The van der Waals surface area contributed by atoms with Crippen molar-refractivity contribution in [3.63, 3.8) is 0 Å². The maximum absolute atomic E-state index is 13.5. The van der Waals surface area contributed by atoms with Crippen LogP contribution < -0.4 is 5.32 Å². The first-order valence-electron chi connectivity index (χ1n) is 5.26. The molecule has 0 bridgehead atoms. The van der Waals surface area contributed by atoms with Gasteiger partial charge >= 0.3 is 0 Å². The summed E-state index contributed by atoms with van der Waals surface area (Å²) in [6, 6.07) is 5.08. The maximum Gasteiger partial charge on any atom is 0.129 e. The molecule has 0 spiro atoms. The van der Waals surface area contributed by atoms with Crippen LogP contribution in [0.15, 0.2) is 18.2 Å². The van der Waals surface area contributed by atoms with Crippen molar-refractivity contribution in [2.75, 3.05) is 0 Å². The fraction of sp³-hybridized carbons (Fsp3) is 0.500. The van der Waals surface area contributed by atoms with Crippen molar-refractivity contribution in [1.29, 1.82) is 0 Å². The van der Waals surface area contributed by atoms with E-state index in [0.29, 0.717) is 16.6 Å². The van der Waals surface area contributed by atoms with Crippen molar-refractivity contribution in [2.45, 2.75) is 39.3 Å². The van der Waals surface area contributed by atoms with E-state index in [1.54, 1.807) is 12.1 Å². The number of hydrogen-bond acceptors (Lipinski definition) is 1. The molecule has 1 nitrogen and oxygen atoms in total. The molecule has 2 atom stereocenters. The Kier molecular flexibility index (Phi) is 4.55. The van der Waals surface area contributed by atoms with E-state index in [4.69, 9.17) is 11.6 Å². The molecule has 0 aliphatic carbocycles. The number of nitrogens with one attached hydrogen (secondary N) is 1. The van der Waals surface area contributed by atoms with Crippen LogP contribution in [0.2, 0.25) is 5.02 Å². The Balaban J connectivity index is 2.86. The summed E-state index contributed by atoms with van der Waals surface area (Å²) in [5.41, 5.74) is 0.555. The molecule has 0 amide bonds. The number of rotatable bonds is 4. The Hall–Kier alpha value is -0.600. The van der Waals surface area contributed by atoms with Gasteiger partial charge in [-0.15, -0.1) is 0 Å². The lowest BCUT2D eigenvalue weighted by Crippen LogP contribution is -2.28. The van der Waals surface area contributed by atoms with Crippen LogP contribution >= 0.6 is 11.6 Å². The topological polar surface area (TPSA) is 12.0 Å². The SMILES string of the molecule is CCC(C)NC(C)c1c(F)cccc1Cl. The van der Waals surface area contributed by atoms with Gasteiger partial charge in [0.25, 0.3) is 0 Å². The lowest BCUT2D eigenvalue weighted by atomic mass is 10.1. The molecule has 0 fully saturated rings. The van der Waals surface area contributed by atoms with Crippen molar-refractivity contribution >= 4 is 11.6 Å². The lowest BCUT2D eigenvalue weighted by Gasteiger charge is -2.20. The summed E-state index contributed by atoms with van der Waals surface area (Å²) < 4.78 is 13.5. The summed E-state index contributed by atoms with van der Waals surface area (Å²) in [6.45, 7) is 6.09. The Morgan fingerprint density at radius 2 is 2.07 bits per heavy atom. The molecular weight excluding hydrogens is 213 g/mol. The van der Waals surface area contributed by atoms with Crippen molar-refractivity contribution in [3.05, 3.63) is 34.6 Å². The normalized spacial score (nSPS) is 15.0. The molecule has 1 aromatic carbocycles. The van der Waals surface area contributed by atoms with Gasteiger partial charge in [-0.25, -0.2) is 4.39 Å². The number of hydrogen-bond donors (Lipinski definition) is 1. The molecule has 0 aromatic heterocycles. The molecule has 3 heteroatoms. The Morgan fingerprint density at radius 1 is 1.40 bits per heavy atom. The molecule has 0 aliphatic rings. The van der Waals surface area contributed by atoms with Gasteiger partial charge in [-0.3, -0.25) is 0 Å². The highest BCUT2D eigenvalue weighted by molar-refractivity contribution is 6.31. The highest BCUT2D eigenvalue weighted by Gasteiger charge is 2.15. The second kappa shape index (κ2) is 5.47. The molecule has 0 saturated heterocycles. The first-order chi connectivity index (χ1) is 7.06. The van der Waals surface area contributed by atoms with E-state index in [-0.39, 0.29) is 11.9 Å². The second-order valence-corrected chi connectivity index (χ2v) is 4.24. The van der Waals surface area contributed by atoms with Crippen molar-refractivity contribution in [2.24, 2.45) is 0 Å². The quantitative estimate of drug-likeness (QED) is 0.825. The van der Waals surface area contributed by atoms with Gasteiger partial charge in [0.2, 0.25) is 0 Å². The van der Waals surface area contributed by atoms with E-state index in [0.717, 1.165) is 6.42 Å². The largest absolute Gasteiger partial charge is 0.308 e. The number of halogens is 2. The minimum atomic E-state index is -0.245. The summed E-state index contributed by atoms with van der Waals surface area (Å²) in [5.74, 6) is -0.245. The second-order valence-electron chi connectivity index (χ2n) is 3.83. The van der Waals surface area contributed by atoms with Crippen LogP contribution in [0.5, 0.6) is 0 Å². The van der Waals surface area contributed by atoms with E-state index in [1.807, 2.05) is 6.92 Å². The molecular formula is C12H17ClFN. The zero-order chi connectivity index (χ0) is 11.4. The van der Waals surface area contributed by atoms with Crippen molar-refractivity contribution < 1.29 is 4.39 Å². The zero-order valence-corrected chi connectivity index (χ0v) is 10.1. The highest BCUT2D eigenvalue weighted by atomic mass is 35.5. The molecule has 1 aromatic rings. The van der Waals surface area contributed by atoms with Crippen LogP contribution in [0.25, 0.3) is 0 Å². The molecule has 1 rings (SSSR count). The predicted molar refractivity (Wildman–Crippen MR) is 62.7 cm³/mol. The summed E-state index contributed by atoms with van der Waals surface area (Å²) in [5, 5.41) is 3.79. The van der Waals surface area contributed by atoms with Crippen LogP contribution in [-0.4, -0.2) is 6.04 Å². The van der Waals surface area contributed by atoms with E-state index >= 15 is 0 Å². The van der Waals surface area contributed by atoms with E-state index < -0.39 is 0 Å². The average molecular weight is 230 g/mol. The fourth-order valence-corrected chi connectivity index (χ4v) is 1.88. The van der Waals surface area contributed by atoms with Crippen molar-refractivity contribution in [1.82, 2.24) is 5.32 Å². The molecule has 2 unspecified atom stereocenters. The van der Waals surface area contributed by atoms with E-state index in [9.17, 15) is 4.39 Å². The van der Waals surface area contributed by atoms with Gasteiger partial charge in [0.1, 0.15) is 5.82 Å². The Bertz CT molecular complexity index is 307. The van der Waals surface area contributed by atoms with Gasteiger partial charge in [-0.1, -0.05) is 24.6 Å². The summed E-state index contributed by atoms with van der Waals surface area (Å²) in [4.78, 5) is 0. The minimum absolute atomic E-state index is 0.0614. The third-order valence-corrected chi connectivity index (χ3v) is 2.91. The van der Waals surface area contributed by atoms with Gasteiger partial charge in [0, 0.05) is 22.7 Å². The van der Waals surface area contributed by atoms with Gasteiger partial charge in [0.05, 0.1) is 0 Å². The maximum atomic E-state index is 13.5. The molecule has 0 saturated carbocycles. The summed E-state index contributed by atoms with van der Waals surface area (Å²) in [6.07, 6.45) is 1.01. The molecule has 0 aliphatic heterocycles. The molecule has 84 valence electrons. The number of benzene rings is 1. The van der Waals surface area contributed by atoms with Gasteiger partial charge in [-0.05, 0) is 32.4 Å². The van der Waals surface area contributed by atoms with Crippen LogP contribution in [0, 0.1) is 5.82 Å². The van der Waals surface area contributed by atoms with Gasteiger partial charge < -0.3 is 5.32 Å². The lowest BCUT2D eigenvalue weighted by molar-refractivity contribution is 0.454. The van der Waals surface area contributed by atoms with E-state index in [2.05, 4.69) is 19.2 Å². The van der Waals surface area contributed by atoms with Gasteiger partial charge in [0.15, 0.2) is 0 Å². The van der Waals surface area contributed by atoms with Crippen molar-refractivity contribution in [3.8, 4) is 0 Å². The Morgan fingerprint density at radius 3 is 2.60 bits per heavy atom.